The van der Waals surface area contributed by atoms with Gasteiger partial charge in [0.05, 0.1) is 16.6 Å². The van der Waals surface area contributed by atoms with Crippen LogP contribution in [-0.2, 0) is 0 Å². The normalized spacial score (nSPS) is 14.0. The van der Waals surface area contributed by atoms with Crippen LogP contribution in [0.5, 0.6) is 0 Å². The van der Waals surface area contributed by atoms with Crippen LogP contribution >= 0.6 is 0 Å². The van der Waals surface area contributed by atoms with Gasteiger partial charge in [0.1, 0.15) is 0 Å². The highest BCUT2D eigenvalue weighted by atomic mass is 15.0. The maximum Gasteiger partial charge on any atom is 0.0959 e. The molecular weight excluding hydrogens is 244 g/mol. The van der Waals surface area contributed by atoms with E-state index in [0.29, 0.717) is 11.5 Å². The number of aromatic nitrogens is 2. The van der Waals surface area contributed by atoms with Crippen LogP contribution in [0, 0.1) is 5.41 Å². The molecule has 0 aliphatic heterocycles. The molecule has 1 atom stereocenters. The lowest BCUT2D eigenvalue weighted by atomic mass is 9.88. The Balaban J connectivity index is 2.26. The molecule has 2 heteroatoms. The summed E-state index contributed by atoms with van der Waals surface area (Å²) >= 11 is 0. The first-order chi connectivity index (χ1) is 9.47. The first-order valence-electron chi connectivity index (χ1n) is 7.31. The number of hydrogen-bond donors (Lipinski definition) is 0. The van der Waals surface area contributed by atoms with Gasteiger partial charge in [0.25, 0.3) is 0 Å². The number of pyridine rings is 1. The summed E-state index contributed by atoms with van der Waals surface area (Å²) in [6, 6.07) is 13.3. The molecule has 2 heterocycles. The summed E-state index contributed by atoms with van der Waals surface area (Å²) in [7, 11) is 0. The van der Waals surface area contributed by atoms with Crippen molar-refractivity contribution in [3.05, 3.63) is 42.6 Å². The van der Waals surface area contributed by atoms with Gasteiger partial charge in [0, 0.05) is 17.6 Å². The van der Waals surface area contributed by atoms with Crippen molar-refractivity contribution in [2.24, 2.45) is 5.41 Å². The number of nitrogens with zero attached hydrogens (tertiary/aromatic N) is 2. The largest absolute Gasteiger partial charge is 0.336 e. The minimum Gasteiger partial charge on any atom is -0.336 e. The third-order valence-corrected chi connectivity index (χ3v) is 3.81. The molecule has 0 amide bonds. The number of fused-ring (bicyclic) bond motifs is 3. The number of para-hydroxylation sites is 1. The Morgan fingerprint density at radius 3 is 2.50 bits per heavy atom. The van der Waals surface area contributed by atoms with Gasteiger partial charge in [0.2, 0.25) is 0 Å². The van der Waals surface area contributed by atoms with Gasteiger partial charge in [0.15, 0.2) is 0 Å². The molecule has 0 aliphatic carbocycles. The summed E-state index contributed by atoms with van der Waals surface area (Å²) in [5.41, 5.74) is 3.96. The van der Waals surface area contributed by atoms with Crippen LogP contribution in [0.2, 0.25) is 0 Å². The van der Waals surface area contributed by atoms with E-state index in [1.54, 1.807) is 0 Å². The molecule has 3 aromatic rings. The topological polar surface area (TPSA) is 17.8 Å². The monoisotopic (exact) mass is 266 g/mol. The van der Waals surface area contributed by atoms with Crippen molar-refractivity contribution in [3.8, 4) is 0 Å². The van der Waals surface area contributed by atoms with Crippen molar-refractivity contribution in [2.75, 3.05) is 0 Å². The summed E-state index contributed by atoms with van der Waals surface area (Å²) < 4.78 is 2.45. The first kappa shape index (κ1) is 13.2. The van der Waals surface area contributed by atoms with Crippen LogP contribution in [0.3, 0.4) is 0 Å². The molecule has 2 aromatic heterocycles. The third kappa shape index (κ3) is 2.20. The maximum absolute atomic E-state index is 4.59. The van der Waals surface area contributed by atoms with Gasteiger partial charge in [-0.3, -0.25) is 4.98 Å². The van der Waals surface area contributed by atoms with Crippen molar-refractivity contribution in [1.29, 1.82) is 0 Å². The molecular formula is C18H22N2. The van der Waals surface area contributed by atoms with Crippen molar-refractivity contribution >= 4 is 21.9 Å². The number of benzene rings is 1. The predicted molar refractivity (Wildman–Crippen MR) is 86.0 cm³/mol. The fourth-order valence-corrected chi connectivity index (χ4v) is 3.26. The van der Waals surface area contributed by atoms with Crippen LogP contribution in [0.15, 0.2) is 42.6 Å². The van der Waals surface area contributed by atoms with E-state index in [2.05, 4.69) is 67.6 Å². The van der Waals surface area contributed by atoms with E-state index in [-0.39, 0.29) is 0 Å². The summed E-state index contributed by atoms with van der Waals surface area (Å²) in [6.45, 7) is 9.21. The van der Waals surface area contributed by atoms with Gasteiger partial charge in [-0.05, 0) is 37.0 Å². The van der Waals surface area contributed by atoms with Gasteiger partial charge in [-0.15, -0.1) is 0 Å². The van der Waals surface area contributed by atoms with Crippen LogP contribution in [0.4, 0.5) is 0 Å². The van der Waals surface area contributed by atoms with E-state index >= 15 is 0 Å². The Morgan fingerprint density at radius 1 is 1.05 bits per heavy atom. The Bertz CT molecular complexity index is 694. The summed E-state index contributed by atoms with van der Waals surface area (Å²) in [5, 5.41) is 1.25. The van der Waals surface area contributed by atoms with E-state index in [1.807, 2.05) is 12.3 Å². The van der Waals surface area contributed by atoms with Crippen molar-refractivity contribution in [3.63, 3.8) is 0 Å². The zero-order valence-electron chi connectivity index (χ0n) is 12.7. The average Bonchev–Trinajstić information content (AvgIpc) is 2.71. The highest BCUT2D eigenvalue weighted by Gasteiger charge is 2.20. The summed E-state index contributed by atoms with van der Waals surface area (Å²) in [5.74, 6) is 0. The molecule has 1 aromatic carbocycles. The SMILES string of the molecule is CC(CC(C)(C)C)n1c2ccccc2c2ncccc21. The minimum absolute atomic E-state index is 0.319. The van der Waals surface area contributed by atoms with Crippen LogP contribution < -0.4 is 0 Å². The lowest BCUT2D eigenvalue weighted by molar-refractivity contribution is 0.313. The van der Waals surface area contributed by atoms with Crippen LogP contribution in [-0.4, -0.2) is 9.55 Å². The second kappa shape index (κ2) is 4.62. The van der Waals surface area contributed by atoms with E-state index in [0.717, 1.165) is 11.9 Å². The quantitative estimate of drug-likeness (QED) is 0.624. The van der Waals surface area contributed by atoms with Crippen LogP contribution in [0.25, 0.3) is 21.9 Å². The molecule has 20 heavy (non-hydrogen) atoms. The fourth-order valence-electron chi connectivity index (χ4n) is 3.26. The highest BCUT2D eigenvalue weighted by molar-refractivity contribution is 6.05. The summed E-state index contributed by atoms with van der Waals surface area (Å²) in [6.07, 6.45) is 3.03. The Hall–Kier alpha value is -1.83. The fraction of sp³-hybridized carbons (Fsp3) is 0.389. The second-order valence-electron chi connectivity index (χ2n) is 6.87. The molecule has 2 nitrogen and oxygen atoms in total. The smallest absolute Gasteiger partial charge is 0.0959 e. The molecule has 104 valence electrons. The molecule has 0 saturated heterocycles. The summed E-state index contributed by atoms with van der Waals surface area (Å²) in [4.78, 5) is 4.59. The molecule has 0 spiro atoms. The zero-order valence-corrected chi connectivity index (χ0v) is 12.7. The molecule has 0 bridgehead atoms. The maximum atomic E-state index is 4.59. The molecule has 1 unspecified atom stereocenters. The van der Waals surface area contributed by atoms with Gasteiger partial charge in [-0.1, -0.05) is 39.0 Å². The molecule has 0 N–H and O–H groups in total. The average molecular weight is 266 g/mol. The van der Waals surface area contributed by atoms with Gasteiger partial charge < -0.3 is 4.57 Å². The number of rotatable bonds is 2. The molecule has 0 fully saturated rings. The third-order valence-electron chi connectivity index (χ3n) is 3.81. The molecule has 0 saturated carbocycles. The van der Waals surface area contributed by atoms with E-state index in [4.69, 9.17) is 0 Å². The molecule has 0 aliphatic rings. The Labute approximate surface area is 120 Å². The van der Waals surface area contributed by atoms with Crippen LogP contribution in [0.1, 0.15) is 40.2 Å². The molecule has 0 radical (unpaired) electrons. The van der Waals surface area contributed by atoms with Crippen molar-refractivity contribution in [1.82, 2.24) is 9.55 Å². The standard InChI is InChI=1S/C18H22N2/c1-13(12-18(2,3)4)20-15-9-6-5-8-14(15)17-16(20)10-7-11-19-17/h5-11,13H,12H2,1-4H3. The number of hydrogen-bond acceptors (Lipinski definition) is 1. The van der Waals surface area contributed by atoms with E-state index in [1.165, 1.54) is 16.4 Å². The first-order valence-corrected chi connectivity index (χ1v) is 7.31. The Morgan fingerprint density at radius 2 is 1.75 bits per heavy atom. The second-order valence-corrected chi connectivity index (χ2v) is 6.87. The highest BCUT2D eigenvalue weighted by Crippen LogP contribution is 2.35. The minimum atomic E-state index is 0.319. The van der Waals surface area contributed by atoms with Gasteiger partial charge in [-0.2, -0.15) is 0 Å². The predicted octanol–water partition coefficient (Wildman–Crippen LogP) is 5.19. The van der Waals surface area contributed by atoms with E-state index in [9.17, 15) is 0 Å². The van der Waals surface area contributed by atoms with E-state index < -0.39 is 0 Å². The van der Waals surface area contributed by atoms with Crippen molar-refractivity contribution < 1.29 is 0 Å². The lowest BCUT2D eigenvalue weighted by Crippen LogP contribution is -2.14. The van der Waals surface area contributed by atoms with Crippen molar-refractivity contribution in [2.45, 2.75) is 40.2 Å². The Kier molecular flexibility index (Phi) is 3.04. The lowest BCUT2D eigenvalue weighted by Gasteiger charge is -2.25. The zero-order chi connectivity index (χ0) is 14.3. The van der Waals surface area contributed by atoms with Gasteiger partial charge in [-0.25, -0.2) is 0 Å². The molecule has 3 rings (SSSR count). The van der Waals surface area contributed by atoms with Gasteiger partial charge >= 0.3 is 0 Å².